The first-order chi connectivity index (χ1) is 10.1. The number of nitrogens with two attached hydrogens (primary N) is 1. The van der Waals surface area contributed by atoms with Gasteiger partial charge in [-0.25, -0.2) is 0 Å². The van der Waals surface area contributed by atoms with Gasteiger partial charge in [0, 0.05) is 34.5 Å². The number of hydrogen-bond acceptors (Lipinski definition) is 4. The summed E-state index contributed by atoms with van der Waals surface area (Å²) in [6.07, 6.45) is 7.99. The van der Waals surface area contributed by atoms with Crippen LogP contribution >= 0.6 is 0 Å². The van der Waals surface area contributed by atoms with Crippen molar-refractivity contribution in [1.82, 2.24) is 4.98 Å². The second-order valence-electron chi connectivity index (χ2n) is 6.39. The number of pyridine rings is 1. The summed E-state index contributed by atoms with van der Waals surface area (Å²) in [7, 11) is 0. The van der Waals surface area contributed by atoms with Crippen molar-refractivity contribution >= 4 is 22.1 Å². The lowest BCUT2D eigenvalue weighted by molar-refractivity contribution is 0.150. The molecule has 1 saturated carbocycles. The molecule has 4 heteroatoms. The number of benzene rings is 1. The van der Waals surface area contributed by atoms with E-state index >= 15 is 0 Å². The highest BCUT2D eigenvalue weighted by atomic mass is 16.3. The van der Waals surface area contributed by atoms with E-state index in [4.69, 9.17) is 5.73 Å². The Morgan fingerprint density at radius 2 is 2.24 bits per heavy atom. The third kappa shape index (κ3) is 2.68. The number of nitrogens with one attached hydrogen (secondary N) is 1. The Hall–Kier alpha value is -1.81. The molecule has 21 heavy (non-hydrogen) atoms. The summed E-state index contributed by atoms with van der Waals surface area (Å²) in [6.45, 7) is 2.41. The van der Waals surface area contributed by atoms with Crippen LogP contribution in [0.5, 0.6) is 0 Å². The zero-order chi connectivity index (χ0) is 14.9. The second-order valence-corrected chi connectivity index (χ2v) is 6.39. The van der Waals surface area contributed by atoms with Crippen molar-refractivity contribution in [2.75, 3.05) is 17.7 Å². The SMILES string of the molecule is CC1CCCC(CO)(Nc2ccc(N)c3ccncc23)C1. The molecule has 0 radical (unpaired) electrons. The number of fused-ring (bicyclic) bond motifs is 1. The van der Waals surface area contributed by atoms with Crippen molar-refractivity contribution in [3.8, 4) is 0 Å². The average molecular weight is 285 g/mol. The zero-order valence-corrected chi connectivity index (χ0v) is 12.5. The summed E-state index contributed by atoms with van der Waals surface area (Å²) in [5.41, 5.74) is 7.58. The highest BCUT2D eigenvalue weighted by Gasteiger charge is 2.34. The molecule has 4 nitrogen and oxygen atoms in total. The molecule has 1 aliphatic carbocycles. The van der Waals surface area contributed by atoms with Crippen LogP contribution in [0.3, 0.4) is 0 Å². The fourth-order valence-electron chi connectivity index (χ4n) is 3.56. The quantitative estimate of drug-likeness (QED) is 0.757. The van der Waals surface area contributed by atoms with E-state index in [1.807, 2.05) is 24.4 Å². The number of anilines is 2. The van der Waals surface area contributed by atoms with Gasteiger partial charge in [0.15, 0.2) is 0 Å². The van der Waals surface area contributed by atoms with Crippen molar-refractivity contribution in [2.24, 2.45) is 5.92 Å². The van der Waals surface area contributed by atoms with Crippen molar-refractivity contribution < 1.29 is 5.11 Å². The first kappa shape index (κ1) is 14.1. The molecule has 4 N–H and O–H groups in total. The molecule has 1 aromatic carbocycles. The van der Waals surface area contributed by atoms with Gasteiger partial charge in [-0.2, -0.15) is 0 Å². The molecule has 112 valence electrons. The molecule has 1 fully saturated rings. The summed E-state index contributed by atoms with van der Waals surface area (Å²) in [6, 6.07) is 5.85. The second kappa shape index (κ2) is 5.53. The van der Waals surface area contributed by atoms with Crippen molar-refractivity contribution in [2.45, 2.75) is 38.1 Å². The van der Waals surface area contributed by atoms with E-state index in [1.165, 1.54) is 6.42 Å². The van der Waals surface area contributed by atoms with E-state index in [0.29, 0.717) is 5.92 Å². The predicted molar refractivity (Wildman–Crippen MR) is 87.2 cm³/mol. The molecule has 2 unspecified atom stereocenters. The fraction of sp³-hybridized carbons (Fsp3) is 0.471. The van der Waals surface area contributed by atoms with Crippen LogP contribution < -0.4 is 11.1 Å². The number of aliphatic hydroxyl groups is 1. The molecule has 3 rings (SSSR count). The Balaban J connectivity index is 1.99. The Labute approximate surface area is 125 Å². The van der Waals surface area contributed by atoms with Crippen LogP contribution in [0.2, 0.25) is 0 Å². The minimum Gasteiger partial charge on any atom is -0.398 e. The van der Waals surface area contributed by atoms with E-state index in [0.717, 1.165) is 41.4 Å². The van der Waals surface area contributed by atoms with Crippen LogP contribution in [0.15, 0.2) is 30.6 Å². The summed E-state index contributed by atoms with van der Waals surface area (Å²) >= 11 is 0. The maximum atomic E-state index is 9.94. The number of nitrogen functional groups attached to an aromatic ring is 1. The van der Waals surface area contributed by atoms with Crippen LogP contribution in [0.25, 0.3) is 10.8 Å². The molecule has 0 aliphatic heterocycles. The molecule has 2 atom stereocenters. The number of rotatable bonds is 3. The minimum absolute atomic E-state index is 0.156. The lowest BCUT2D eigenvalue weighted by Gasteiger charge is -2.40. The van der Waals surface area contributed by atoms with Crippen molar-refractivity contribution in [3.63, 3.8) is 0 Å². The third-order valence-corrected chi connectivity index (χ3v) is 4.65. The Bertz CT molecular complexity index is 643. The molecule has 1 aliphatic rings. The van der Waals surface area contributed by atoms with Gasteiger partial charge in [-0.05, 0) is 37.0 Å². The fourth-order valence-corrected chi connectivity index (χ4v) is 3.56. The summed E-state index contributed by atoms with van der Waals surface area (Å²) in [5.74, 6) is 0.636. The summed E-state index contributed by atoms with van der Waals surface area (Å²) in [5, 5.41) is 15.6. The van der Waals surface area contributed by atoms with Crippen LogP contribution in [-0.4, -0.2) is 22.2 Å². The first-order valence-corrected chi connectivity index (χ1v) is 7.65. The molecule has 2 aromatic rings. The first-order valence-electron chi connectivity index (χ1n) is 7.65. The van der Waals surface area contributed by atoms with Gasteiger partial charge in [0.05, 0.1) is 12.1 Å². The average Bonchev–Trinajstić information content (AvgIpc) is 2.50. The number of aliphatic hydroxyl groups excluding tert-OH is 1. The lowest BCUT2D eigenvalue weighted by Crippen LogP contribution is -2.45. The molecule has 0 saturated heterocycles. The maximum absolute atomic E-state index is 9.94. The maximum Gasteiger partial charge on any atom is 0.0661 e. The summed E-state index contributed by atoms with van der Waals surface area (Å²) in [4.78, 5) is 4.21. The van der Waals surface area contributed by atoms with Gasteiger partial charge in [-0.1, -0.05) is 19.8 Å². The zero-order valence-electron chi connectivity index (χ0n) is 12.5. The van der Waals surface area contributed by atoms with Gasteiger partial charge in [0.25, 0.3) is 0 Å². The van der Waals surface area contributed by atoms with E-state index in [9.17, 15) is 5.11 Å². The normalized spacial score (nSPS) is 25.9. The monoisotopic (exact) mass is 285 g/mol. The highest BCUT2D eigenvalue weighted by molar-refractivity contribution is 6.00. The van der Waals surface area contributed by atoms with Gasteiger partial charge in [0.2, 0.25) is 0 Å². The van der Waals surface area contributed by atoms with E-state index < -0.39 is 0 Å². The predicted octanol–water partition coefficient (Wildman–Crippen LogP) is 3.17. The van der Waals surface area contributed by atoms with Gasteiger partial charge < -0.3 is 16.2 Å². The van der Waals surface area contributed by atoms with E-state index in [1.54, 1.807) is 6.20 Å². The topological polar surface area (TPSA) is 71.2 Å². The lowest BCUT2D eigenvalue weighted by atomic mass is 9.76. The smallest absolute Gasteiger partial charge is 0.0661 e. The molecule has 0 amide bonds. The van der Waals surface area contributed by atoms with Crippen molar-refractivity contribution in [1.29, 1.82) is 0 Å². The van der Waals surface area contributed by atoms with Gasteiger partial charge in [-0.3, -0.25) is 4.98 Å². The highest BCUT2D eigenvalue weighted by Crippen LogP contribution is 2.37. The van der Waals surface area contributed by atoms with Crippen molar-refractivity contribution in [3.05, 3.63) is 30.6 Å². The Morgan fingerprint density at radius 3 is 3.00 bits per heavy atom. The molecular formula is C17H23N3O. The standard InChI is InChI=1S/C17H23N3O/c1-12-3-2-7-17(9-12,11-21)20-16-5-4-15(18)13-6-8-19-10-14(13)16/h4-6,8,10,12,20-21H,2-3,7,9,11,18H2,1H3. The molecular weight excluding hydrogens is 262 g/mol. The Kier molecular flexibility index (Phi) is 3.72. The number of aromatic nitrogens is 1. The number of hydrogen-bond donors (Lipinski definition) is 3. The molecule has 0 bridgehead atoms. The van der Waals surface area contributed by atoms with Crippen LogP contribution in [0, 0.1) is 5.92 Å². The Morgan fingerprint density at radius 1 is 1.38 bits per heavy atom. The van der Waals surface area contributed by atoms with Crippen LogP contribution in [-0.2, 0) is 0 Å². The summed E-state index contributed by atoms with van der Waals surface area (Å²) < 4.78 is 0. The van der Waals surface area contributed by atoms with Gasteiger partial charge in [0.1, 0.15) is 0 Å². The van der Waals surface area contributed by atoms with E-state index in [2.05, 4.69) is 17.2 Å². The number of nitrogens with zero attached hydrogens (tertiary/aromatic N) is 1. The van der Waals surface area contributed by atoms with Gasteiger partial charge >= 0.3 is 0 Å². The molecule has 1 aromatic heterocycles. The van der Waals surface area contributed by atoms with Crippen LogP contribution in [0.1, 0.15) is 32.6 Å². The largest absolute Gasteiger partial charge is 0.398 e. The minimum atomic E-state index is -0.226. The van der Waals surface area contributed by atoms with Crippen LogP contribution in [0.4, 0.5) is 11.4 Å². The van der Waals surface area contributed by atoms with Gasteiger partial charge in [-0.15, -0.1) is 0 Å². The third-order valence-electron chi connectivity index (χ3n) is 4.65. The molecule has 0 spiro atoms. The van der Waals surface area contributed by atoms with E-state index in [-0.39, 0.29) is 12.1 Å². The molecule has 1 heterocycles.